The van der Waals surface area contributed by atoms with Crippen LogP contribution in [0.4, 0.5) is 5.82 Å². The Hall–Kier alpha value is -3.43. The van der Waals surface area contributed by atoms with Crippen molar-refractivity contribution >= 4 is 34.3 Å². The number of benzene rings is 1. The van der Waals surface area contributed by atoms with E-state index < -0.39 is 6.04 Å². The molecule has 0 aliphatic rings. The number of nitrogens with zero attached hydrogens (tertiary/aromatic N) is 4. The molecule has 1 aromatic carbocycles. The number of nitrogens with one attached hydrogen (secondary N) is 3. The van der Waals surface area contributed by atoms with E-state index in [0.29, 0.717) is 31.0 Å². The Bertz CT molecular complexity index is 1170. The monoisotopic (exact) mass is 483 g/mol. The number of fused-ring (bicyclic) bond motifs is 3. The molecule has 3 N–H and O–H groups in total. The first-order valence-corrected chi connectivity index (χ1v) is 12.2. The van der Waals surface area contributed by atoms with E-state index in [2.05, 4.69) is 26.1 Å². The molecule has 2 heterocycles. The summed E-state index contributed by atoms with van der Waals surface area (Å²) in [5.41, 5.74) is 2.37. The van der Waals surface area contributed by atoms with Crippen LogP contribution in [-0.2, 0) is 9.59 Å². The van der Waals surface area contributed by atoms with Gasteiger partial charge in [0, 0.05) is 25.6 Å². The van der Waals surface area contributed by atoms with Gasteiger partial charge in [0.2, 0.25) is 17.5 Å². The molecule has 0 fully saturated rings. The van der Waals surface area contributed by atoms with Gasteiger partial charge in [-0.15, -0.1) is 10.2 Å². The molecule has 0 bridgehead atoms. The normalized spacial score (nSPS) is 12.3. The molecule has 3 rings (SSSR count). The first-order chi connectivity index (χ1) is 16.7. The minimum Gasteiger partial charge on any atom is -0.497 e. The van der Waals surface area contributed by atoms with Gasteiger partial charge >= 0.3 is 0 Å². The van der Waals surface area contributed by atoms with Crippen molar-refractivity contribution in [3.05, 3.63) is 24.0 Å². The summed E-state index contributed by atoms with van der Waals surface area (Å²) in [6.45, 7) is 10.9. The number of unbranched alkanes of at least 4 members (excludes halogenated alkanes) is 1. The standard InChI is InChI=1S/C25H37N7O3/c1-15(2)13-21(33)29-22(16(3)4)25(34)27-12-8-7-11-26-23-24-31-30-17(5)32(24)20-10-9-18(35-6)14-19(20)28-23/h9-10,14-16,22H,7-8,11-13H2,1-6H3,(H,26,28)(H,27,34)(H,29,33)/t22-/m0/s1. The van der Waals surface area contributed by atoms with Crippen LogP contribution in [0, 0.1) is 18.8 Å². The average Bonchev–Trinajstić information content (AvgIpc) is 3.20. The molecular formula is C25H37N7O3. The number of amides is 2. The number of aryl methyl sites for hydroxylation is 1. The van der Waals surface area contributed by atoms with Crippen molar-refractivity contribution in [2.24, 2.45) is 11.8 Å². The molecule has 0 aliphatic heterocycles. The summed E-state index contributed by atoms with van der Waals surface area (Å²) in [5.74, 6) is 2.20. The van der Waals surface area contributed by atoms with E-state index in [1.165, 1.54) is 0 Å². The van der Waals surface area contributed by atoms with Gasteiger partial charge in [0.05, 0.1) is 18.1 Å². The van der Waals surface area contributed by atoms with Crippen molar-refractivity contribution in [1.29, 1.82) is 0 Å². The summed E-state index contributed by atoms with van der Waals surface area (Å²) in [5, 5.41) is 17.7. The molecule has 190 valence electrons. The highest BCUT2D eigenvalue weighted by Crippen LogP contribution is 2.25. The van der Waals surface area contributed by atoms with Gasteiger partial charge in [0.25, 0.3) is 0 Å². The number of methoxy groups -OCH3 is 1. The molecule has 10 heteroatoms. The Morgan fingerprint density at radius 2 is 1.83 bits per heavy atom. The summed E-state index contributed by atoms with van der Waals surface area (Å²) < 4.78 is 7.32. The lowest BCUT2D eigenvalue weighted by Crippen LogP contribution is -2.50. The average molecular weight is 484 g/mol. The first kappa shape index (κ1) is 26.2. The summed E-state index contributed by atoms with van der Waals surface area (Å²) in [4.78, 5) is 29.5. The zero-order chi connectivity index (χ0) is 25.5. The van der Waals surface area contributed by atoms with Gasteiger partial charge in [-0.05, 0) is 43.7 Å². The second-order valence-corrected chi connectivity index (χ2v) is 9.53. The lowest BCUT2D eigenvalue weighted by molar-refractivity contribution is -0.130. The van der Waals surface area contributed by atoms with E-state index in [9.17, 15) is 9.59 Å². The highest BCUT2D eigenvalue weighted by molar-refractivity contribution is 5.88. The number of hydrogen-bond acceptors (Lipinski definition) is 7. The SMILES string of the molecule is COc1ccc2c(c1)nc(NCCCCNC(=O)[C@@H](NC(=O)CC(C)C)C(C)C)c1nnc(C)n12. The fourth-order valence-corrected chi connectivity index (χ4v) is 3.92. The van der Waals surface area contributed by atoms with Crippen LogP contribution in [0.2, 0.25) is 0 Å². The van der Waals surface area contributed by atoms with E-state index in [1.54, 1.807) is 7.11 Å². The topological polar surface area (TPSA) is 123 Å². The van der Waals surface area contributed by atoms with Crippen molar-refractivity contribution in [3.8, 4) is 5.75 Å². The number of carbonyl (C=O) groups excluding carboxylic acids is 2. The number of aromatic nitrogens is 4. The van der Waals surface area contributed by atoms with Crippen LogP contribution in [0.3, 0.4) is 0 Å². The number of carbonyl (C=O) groups is 2. The van der Waals surface area contributed by atoms with Gasteiger partial charge in [-0.2, -0.15) is 0 Å². The highest BCUT2D eigenvalue weighted by Gasteiger charge is 2.24. The van der Waals surface area contributed by atoms with Crippen LogP contribution in [0.1, 0.15) is 52.8 Å². The minimum atomic E-state index is -0.525. The van der Waals surface area contributed by atoms with Gasteiger partial charge < -0.3 is 20.7 Å². The van der Waals surface area contributed by atoms with Gasteiger partial charge in [0.15, 0.2) is 5.82 Å². The number of ether oxygens (including phenoxy) is 1. The third-order valence-electron chi connectivity index (χ3n) is 5.75. The van der Waals surface area contributed by atoms with Crippen LogP contribution >= 0.6 is 0 Å². The molecule has 0 saturated heterocycles. The Morgan fingerprint density at radius 3 is 2.51 bits per heavy atom. The van der Waals surface area contributed by atoms with E-state index in [1.807, 2.05) is 57.2 Å². The first-order valence-electron chi connectivity index (χ1n) is 12.2. The van der Waals surface area contributed by atoms with Gasteiger partial charge in [-0.3, -0.25) is 14.0 Å². The van der Waals surface area contributed by atoms with E-state index in [-0.39, 0.29) is 23.7 Å². The molecule has 2 aromatic heterocycles. The molecule has 0 radical (unpaired) electrons. The molecular weight excluding hydrogens is 446 g/mol. The van der Waals surface area contributed by atoms with Crippen LogP contribution in [0.15, 0.2) is 18.2 Å². The summed E-state index contributed by atoms with van der Waals surface area (Å²) in [7, 11) is 1.63. The highest BCUT2D eigenvalue weighted by atomic mass is 16.5. The summed E-state index contributed by atoms with van der Waals surface area (Å²) in [6, 6.07) is 5.21. The Balaban J connectivity index is 1.54. The number of rotatable bonds is 12. The van der Waals surface area contributed by atoms with Crippen LogP contribution in [0.5, 0.6) is 5.75 Å². The van der Waals surface area contributed by atoms with Crippen LogP contribution in [0.25, 0.3) is 16.7 Å². The van der Waals surface area contributed by atoms with E-state index >= 15 is 0 Å². The summed E-state index contributed by atoms with van der Waals surface area (Å²) >= 11 is 0. The predicted octanol–water partition coefficient (Wildman–Crippen LogP) is 3.09. The maximum Gasteiger partial charge on any atom is 0.242 e. The quantitative estimate of drug-likeness (QED) is 0.338. The molecule has 0 aliphatic carbocycles. The van der Waals surface area contributed by atoms with Crippen molar-refractivity contribution in [2.45, 2.75) is 59.9 Å². The Kier molecular flexibility index (Phi) is 8.84. The lowest BCUT2D eigenvalue weighted by Gasteiger charge is -2.22. The molecule has 2 amide bonds. The number of anilines is 1. The lowest BCUT2D eigenvalue weighted by atomic mass is 10.0. The minimum absolute atomic E-state index is 0.0133. The van der Waals surface area contributed by atoms with Crippen molar-refractivity contribution in [2.75, 3.05) is 25.5 Å². The third-order valence-corrected chi connectivity index (χ3v) is 5.75. The van der Waals surface area contributed by atoms with Gasteiger partial charge in [-0.25, -0.2) is 4.98 Å². The molecule has 10 nitrogen and oxygen atoms in total. The van der Waals surface area contributed by atoms with Gasteiger partial charge in [-0.1, -0.05) is 27.7 Å². The summed E-state index contributed by atoms with van der Waals surface area (Å²) in [6.07, 6.45) is 2.02. The maximum atomic E-state index is 12.6. The Morgan fingerprint density at radius 1 is 1.09 bits per heavy atom. The smallest absolute Gasteiger partial charge is 0.242 e. The molecule has 0 unspecified atom stereocenters. The van der Waals surface area contributed by atoms with E-state index in [0.717, 1.165) is 35.4 Å². The van der Waals surface area contributed by atoms with Crippen molar-refractivity contribution in [3.63, 3.8) is 0 Å². The van der Waals surface area contributed by atoms with Crippen LogP contribution in [-0.4, -0.2) is 57.6 Å². The van der Waals surface area contributed by atoms with Crippen molar-refractivity contribution in [1.82, 2.24) is 30.2 Å². The zero-order valence-corrected chi connectivity index (χ0v) is 21.5. The largest absolute Gasteiger partial charge is 0.497 e. The molecule has 0 spiro atoms. The second-order valence-electron chi connectivity index (χ2n) is 9.53. The predicted molar refractivity (Wildman–Crippen MR) is 137 cm³/mol. The molecule has 35 heavy (non-hydrogen) atoms. The maximum absolute atomic E-state index is 12.6. The Labute approximate surface area is 206 Å². The molecule has 0 saturated carbocycles. The zero-order valence-electron chi connectivity index (χ0n) is 21.5. The molecule has 3 aromatic rings. The van der Waals surface area contributed by atoms with Crippen LogP contribution < -0.4 is 20.7 Å². The van der Waals surface area contributed by atoms with Crippen molar-refractivity contribution < 1.29 is 14.3 Å². The van der Waals surface area contributed by atoms with E-state index in [4.69, 9.17) is 9.72 Å². The van der Waals surface area contributed by atoms with Gasteiger partial charge in [0.1, 0.15) is 17.6 Å². The third kappa shape index (κ3) is 6.58. The fourth-order valence-electron chi connectivity index (χ4n) is 3.92. The fraction of sp³-hybridized carbons (Fsp3) is 0.560. The molecule has 1 atom stereocenters. The number of hydrogen-bond donors (Lipinski definition) is 3. The second kappa shape index (κ2) is 11.8.